The van der Waals surface area contributed by atoms with E-state index in [0.29, 0.717) is 21.9 Å². The second-order valence-corrected chi connectivity index (χ2v) is 7.94. The van der Waals surface area contributed by atoms with Gasteiger partial charge in [0, 0.05) is 35.6 Å². The Kier molecular flexibility index (Phi) is 6.83. The van der Waals surface area contributed by atoms with E-state index < -0.39 is 0 Å². The second-order valence-electron chi connectivity index (χ2n) is 7.09. The van der Waals surface area contributed by atoms with Gasteiger partial charge in [-0.05, 0) is 55.3 Å². The molecule has 0 aromatic heterocycles. The molecular weight excluding hydrogens is 367 g/mol. The highest BCUT2D eigenvalue weighted by atomic mass is 35.5. The molecule has 3 nitrogen and oxygen atoms in total. The van der Waals surface area contributed by atoms with Crippen LogP contribution in [0.25, 0.3) is 0 Å². The lowest BCUT2D eigenvalue weighted by Crippen LogP contribution is -2.46. The van der Waals surface area contributed by atoms with E-state index in [2.05, 4.69) is 5.32 Å². The first kappa shape index (κ1) is 19.8. The van der Waals surface area contributed by atoms with Crippen LogP contribution in [0.1, 0.15) is 31.7 Å². The molecule has 1 spiro atoms. The summed E-state index contributed by atoms with van der Waals surface area (Å²) in [5.41, 5.74) is 1.44. The van der Waals surface area contributed by atoms with Crippen molar-refractivity contribution in [3.05, 3.63) is 33.8 Å². The van der Waals surface area contributed by atoms with Gasteiger partial charge in [-0.3, -0.25) is 4.79 Å². The van der Waals surface area contributed by atoms with Crippen LogP contribution in [-0.4, -0.2) is 37.0 Å². The number of carbonyl (C=O) groups excluding carboxylic acids is 1. The Morgan fingerprint density at radius 1 is 1.29 bits per heavy atom. The summed E-state index contributed by atoms with van der Waals surface area (Å²) < 4.78 is 0. The van der Waals surface area contributed by atoms with Gasteiger partial charge in [0.15, 0.2) is 0 Å². The van der Waals surface area contributed by atoms with Gasteiger partial charge in [0.25, 0.3) is 0 Å². The minimum absolute atomic E-state index is 0. The molecular formula is C18H25Cl3N2O. The predicted molar refractivity (Wildman–Crippen MR) is 102 cm³/mol. The monoisotopic (exact) mass is 390 g/mol. The first-order chi connectivity index (χ1) is 11.0. The highest BCUT2D eigenvalue weighted by molar-refractivity contribution is 6.35. The van der Waals surface area contributed by atoms with Gasteiger partial charge in [0.1, 0.15) is 0 Å². The van der Waals surface area contributed by atoms with Crippen LogP contribution in [-0.2, 0) is 11.2 Å². The van der Waals surface area contributed by atoms with E-state index in [9.17, 15) is 4.79 Å². The molecule has 2 aliphatic heterocycles. The normalized spacial score (nSPS) is 20.7. The summed E-state index contributed by atoms with van der Waals surface area (Å²) in [5.74, 6) is 0.196. The largest absolute Gasteiger partial charge is 0.342 e. The number of benzene rings is 1. The van der Waals surface area contributed by atoms with Crippen molar-refractivity contribution in [3.63, 3.8) is 0 Å². The summed E-state index contributed by atoms with van der Waals surface area (Å²) in [5, 5.41) is 4.74. The summed E-state index contributed by atoms with van der Waals surface area (Å²) in [6.07, 6.45) is 4.17. The SMILES string of the molecule is CC(Cc1ccc(Cl)cc1Cl)C(=O)N1CCC2(CCNC2)CC1.Cl. The number of hydrogen-bond acceptors (Lipinski definition) is 2. The average molecular weight is 392 g/mol. The van der Waals surface area contributed by atoms with Gasteiger partial charge in [-0.2, -0.15) is 0 Å². The van der Waals surface area contributed by atoms with E-state index in [1.807, 2.05) is 24.0 Å². The fourth-order valence-corrected chi connectivity index (χ4v) is 4.33. The molecule has 2 heterocycles. The van der Waals surface area contributed by atoms with Crippen molar-refractivity contribution in [2.75, 3.05) is 26.2 Å². The minimum atomic E-state index is -0.0515. The fraction of sp³-hybridized carbons (Fsp3) is 0.611. The second kappa shape index (κ2) is 8.27. The maximum absolute atomic E-state index is 12.7. The fourth-order valence-electron chi connectivity index (χ4n) is 3.84. The highest BCUT2D eigenvalue weighted by Crippen LogP contribution is 2.37. The molecule has 6 heteroatoms. The van der Waals surface area contributed by atoms with Crippen LogP contribution < -0.4 is 5.32 Å². The lowest BCUT2D eigenvalue weighted by atomic mass is 9.77. The van der Waals surface area contributed by atoms with Crippen molar-refractivity contribution in [3.8, 4) is 0 Å². The Morgan fingerprint density at radius 2 is 2.00 bits per heavy atom. The van der Waals surface area contributed by atoms with Crippen LogP contribution in [0.15, 0.2) is 18.2 Å². The molecule has 2 fully saturated rings. The van der Waals surface area contributed by atoms with E-state index >= 15 is 0 Å². The summed E-state index contributed by atoms with van der Waals surface area (Å²) in [6, 6.07) is 5.49. The molecule has 1 unspecified atom stereocenters. The van der Waals surface area contributed by atoms with Gasteiger partial charge >= 0.3 is 0 Å². The van der Waals surface area contributed by atoms with Crippen molar-refractivity contribution in [1.82, 2.24) is 10.2 Å². The number of nitrogens with zero attached hydrogens (tertiary/aromatic N) is 1. The number of hydrogen-bond donors (Lipinski definition) is 1. The molecule has 2 aliphatic rings. The molecule has 2 saturated heterocycles. The molecule has 1 amide bonds. The molecule has 1 aromatic rings. The number of rotatable bonds is 3. The first-order valence-electron chi connectivity index (χ1n) is 8.43. The quantitative estimate of drug-likeness (QED) is 0.837. The highest BCUT2D eigenvalue weighted by Gasteiger charge is 2.38. The van der Waals surface area contributed by atoms with E-state index in [-0.39, 0.29) is 24.2 Å². The molecule has 0 saturated carbocycles. The van der Waals surface area contributed by atoms with E-state index in [1.54, 1.807) is 6.07 Å². The molecule has 134 valence electrons. The zero-order valence-electron chi connectivity index (χ0n) is 14.0. The molecule has 0 aliphatic carbocycles. The zero-order chi connectivity index (χ0) is 16.4. The summed E-state index contributed by atoms with van der Waals surface area (Å²) in [6.45, 7) is 6.01. The van der Waals surface area contributed by atoms with Crippen LogP contribution in [0.5, 0.6) is 0 Å². The number of halogens is 3. The predicted octanol–water partition coefficient (Wildman–Crippen LogP) is 4.20. The summed E-state index contributed by atoms with van der Waals surface area (Å²) in [4.78, 5) is 14.8. The van der Waals surface area contributed by atoms with Gasteiger partial charge < -0.3 is 10.2 Å². The maximum atomic E-state index is 12.7. The number of amides is 1. The van der Waals surface area contributed by atoms with Gasteiger partial charge in [-0.25, -0.2) is 0 Å². The molecule has 3 rings (SSSR count). The van der Waals surface area contributed by atoms with Gasteiger partial charge in [0.05, 0.1) is 0 Å². The van der Waals surface area contributed by atoms with E-state index in [0.717, 1.165) is 44.6 Å². The Balaban J connectivity index is 0.00000208. The Labute approximate surface area is 160 Å². The zero-order valence-corrected chi connectivity index (χ0v) is 16.3. The molecule has 1 atom stereocenters. The van der Waals surface area contributed by atoms with Crippen LogP contribution in [0.4, 0.5) is 0 Å². The average Bonchev–Trinajstić information content (AvgIpc) is 2.98. The van der Waals surface area contributed by atoms with Gasteiger partial charge in [-0.15, -0.1) is 12.4 Å². The Bertz CT molecular complexity index is 578. The minimum Gasteiger partial charge on any atom is -0.342 e. The standard InChI is InChI=1S/C18H24Cl2N2O.ClH/c1-13(10-14-2-3-15(19)11-16(14)20)17(23)22-8-5-18(6-9-22)4-7-21-12-18;/h2-3,11,13,21H,4-10,12H2,1H3;1H. The van der Waals surface area contributed by atoms with E-state index in [1.165, 1.54) is 6.42 Å². The molecule has 0 radical (unpaired) electrons. The van der Waals surface area contributed by atoms with E-state index in [4.69, 9.17) is 23.2 Å². The maximum Gasteiger partial charge on any atom is 0.225 e. The summed E-state index contributed by atoms with van der Waals surface area (Å²) in [7, 11) is 0. The molecule has 0 bridgehead atoms. The Hall–Kier alpha value is -0.480. The van der Waals surface area contributed by atoms with Crippen LogP contribution in [0.3, 0.4) is 0 Å². The smallest absolute Gasteiger partial charge is 0.225 e. The summed E-state index contributed by atoms with van der Waals surface area (Å²) >= 11 is 12.2. The van der Waals surface area contributed by atoms with Crippen molar-refractivity contribution in [2.45, 2.75) is 32.6 Å². The van der Waals surface area contributed by atoms with Gasteiger partial charge in [-0.1, -0.05) is 36.2 Å². The van der Waals surface area contributed by atoms with Crippen LogP contribution in [0.2, 0.25) is 10.0 Å². The molecule has 1 N–H and O–H groups in total. The molecule has 1 aromatic carbocycles. The third-order valence-corrected chi connectivity index (χ3v) is 6.02. The Morgan fingerprint density at radius 3 is 2.58 bits per heavy atom. The molecule has 24 heavy (non-hydrogen) atoms. The van der Waals surface area contributed by atoms with Crippen LogP contribution in [0, 0.1) is 11.3 Å². The lowest BCUT2D eigenvalue weighted by molar-refractivity contribution is -0.137. The third kappa shape index (κ3) is 4.37. The lowest BCUT2D eigenvalue weighted by Gasteiger charge is -2.39. The topological polar surface area (TPSA) is 32.3 Å². The van der Waals surface area contributed by atoms with Crippen molar-refractivity contribution in [1.29, 1.82) is 0 Å². The number of nitrogens with one attached hydrogen (secondary N) is 1. The van der Waals surface area contributed by atoms with Crippen LogP contribution >= 0.6 is 35.6 Å². The van der Waals surface area contributed by atoms with Gasteiger partial charge in [0.2, 0.25) is 5.91 Å². The van der Waals surface area contributed by atoms with Crippen molar-refractivity contribution in [2.24, 2.45) is 11.3 Å². The van der Waals surface area contributed by atoms with Crippen molar-refractivity contribution < 1.29 is 4.79 Å². The van der Waals surface area contributed by atoms with Crippen molar-refractivity contribution >= 4 is 41.5 Å². The number of likely N-dealkylation sites (tertiary alicyclic amines) is 1. The third-order valence-electron chi connectivity index (χ3n) is 5.43. The number of carbonyl (C=O) groups is 1. The first-order valence-corrected chi connectivity index (χ1v) is 9.18. The number of piperidine rings is 1.